The number of nitrogens with one attached hydrogen (secondary N) is 2. The molecule has 19 heavy (non-hydrogen) atoms. The van der Waals surface area contributed by atoms with Gasteiger partial charge < -0.3 is 21.1 Å². The molecule has 2 amide bonds. The topological polar surface area (TPSA) is 76.4 Å². The molecule has 0 unspecified atom stereocenters. The SMILES string of the molecule is CC(C)(C)NC(=O)Nc1ccccc1OCCCN. The lowest BCUT2D eigenvalue weighted by Crippen LogP contribution is -2.43. The number of hydrogen-bond donors (Lipinski definition) is 3. The maximum absolute atomic E-state index is 11.8. The fraction of sp³-hybridized carbons (Fsp3) is 0.500. The molecule has 1 aromatic rings. The van der Waals surface area contributed by atoms with Crippen LogP contribution in [0, 0.1) is 0 Å². The highest BCUT2D eigenvalue weighted by Crippen LogP contribution is 2.23. The average Bonchev–Trinajstić information content (AvgIpc) is 2.29. The zero-order chi connectivity index (χ0) is 14.3. The van der Waals surface area contributed by atoms with Gasteiger partial charge in [-0.15, -0.1) is 0 Å². The molecule has 0 spiro atoms. The highest BCUT2D eigenvalue weighted by atomic mass is 16.5. The number of anilines is 1. The van der Waals surface area contributed by atoms with Gasteiger partial charge in [0.1, 0.15) is 5.75 Å². The molecular weight excluding hydrogens is 242 g/mol. The van der Waals surface area contributed by atoms with Gasteiger partial charge in [0.15, 0.2) is 0 Å². The van der Waals surface area contributed by atoms with Crippen LogP contribution in [0.25, 0.3) is 0 Å². The number of carbonyl (C=O) groups is 1. The van der Waals surface area contributed by atoms with Gasteiger partial charge in [-0.1, -0.05) is 12.1 Å². The van der Waals surface area contributed by atoms with Gasteiger partial charge in [-0.2, -0.15) is 0 Å². The van der Waals surface area contributed by atoms with E-state index in [0.717, 1.165) is 6.42 Å². The van der Waals surface area contributed by atoms with E-state index in [2.05, 4.69) is 10.6 Å². The molecule has 1 aromatic carbocycles. The second-order valence-electron chi connectivity index (χ2n) is 5.32. The van der Waals surface area contributed by atoms with Crippen LogP contribution in [0.4, 0.5) is 10.5 Å². The van der Waals surface area contributed by atoms with Crippen LogP contribution in [-0.2, 0) is 0 Å². The van der Waals surface area contributed by atoms with Crippen molar-refractivity contribution in [2.24, 2.45) is 5.73 Å². The van der Waals surface area contributed by atoms with Gasteiger partial charge in [-0.3, -0.25) is 0 Å². The van der Waals surface area contributed by atoms with E-state index < -0.39 is 0 Å². The Morgan fingerprint density at radius 2 is 2.00 bits per heavy atom. The number of carbonyl (C=O) groups excluding carboxylic acids is 1. The second-order valence-corrected chi connectivity index (χ2v) is 5.32. The molecule has 0 aliphatic rings. The highest BCUT2D eigenvalue weighted by Gasteiger charge is 2.14. The zero-order valence-electron chi connectivity index (χ0n) is 11.8. The van der Waals surface area contributed by atoms with E-state index in [9.17, 15) is 4.79 Å². The van der Waals surface area contributed by atoms with Crippen molar-refractivity contribution in [3.63, 3.8) is 0 Å². The van der Waals surface area contributed by atoms with E-state index in [1.165, 1.54) is 0 Å². The molecule has 0 aromatic heterocycles. The number of amides is 2. The number of nitrogens with two attached hydrogens (primary N) is 1. The first-order chi connectivity index (χ1) is 8.92. The summed E-state index contributed by atoms with van der Waals surface area (Å²) in [5.41, 5.74) is 5.80. The third-order valence-corrected chi connectivity index (χ3v) is 2.23. The van der Waals surface area contributed by atoms with Crippen molar-refractivity contribution in [2.75, 3.05) is 18.5 Å². The molecule has 0 bridgehead atoms. The van der Waals surface area contributed by atoms with Crippen molar-refractivity contribution in [3.05, 3.63) is 24.3 Å². The number of ether oxygens (including phenoxy) is 1. The van der Waals surface area contributed by atoms with Crippen molar-refractivity contribution in [1.82, 2.24) is 5.32 Å². The molecule has 1 rings (SSSR count). The lowest BCUT2D eigenvalue weighted by atomic mass is 10.1. The summed E-state index contributed by atoms with van der Waals surface area (Å²) in [4.78, 5) is 11.8. The highest BCUT2D eigenvalue weighted by molar-refractivity contribution is 5.91. The predicted molar refractivity (Wildman–Crippen MR) is 77.5 cm³/mol. The van der Waals surface area contributed by atoms with Crippen LogP contribution in [0.3, 0.4) is 0 Å². The minimum Gasteiger partial charge on any atom is -0.491 e. The number of para-hydroxylation sites is 2. The molecule has 0 radical (unpaired) electrons. The first kappa shape index (κ1) is 15.3. The predicted octanol–water partition coefficient (Wildman–Crippen LogP) is 2.33. The van der Waals surface area contributed by atoms with Crippen LogP contribution in [0.1, 0.15) is 27.2 Å². The molecule has 5 heteroatoms. The minimum absolute atomic E-state index is 0.248. The van der Waals surface area contributed by atoms with Crippen LogP contribution < -0.4 is 21.1 Å². The monoisotopic (exact) mass is 265 g/mol. The molecular formula is C14H23N3O2. The number of benzene rings is 1. The largest absolute Gasteiger partial charge is 0.491 e. The quantitative estimate of drug-likeness (QED) is 0.715. The van der Waals surface area contributed by atoms with Crippen LogP contribution in [0.5, 0.6) is 5.75 Å². The van der Waals surface area contributed by atoms with E-state index in [0.29, 0.717) is 24.6 Å². The molecule has 0 saturated carbocycles. The summed E-state index contributed by atoms with van der Waals surface area (Å²) in [6.07, 6.45) is 0.780. The third kappa shape index (κ3) is 6.10. The van der Waals surface area contributed by atoms with Gasteiger partial charge in [0, 0.05) is 5.54 Å². The normalized spacial score (nSPS) is 10.9. The van der Waals surface area contributed by atoms with Gasteiger partial charge >= 0.3 is 6.03 Å². The third-order valence-electron chi connectivity index (χ3n) is 2.23. The van der Waals surface area contributed by atoms with E-state index in [4.69, 9.17) is 10.5 Å². The molecule has 5 nitrogen and oxygen atoms in total. The molecule has 0 fully saturated rings. The van der Waals surface area contributed by atoms with Gasteiger partial charge in [-0.25, -0.2) is 4.79 Å². The van der Waals surface area contributed by atoms with Crippen LogP contribution >= 0.6 is 0 Å². The van der Waals surface area contributed by atoms with Crippen molar-refractivity contribution < 1.29 is 9.53 Å². The summed E-state index contributed by atoms with van der Waals surface area (Å²) in [7, 11) is 0. The summed E-state index contributed by atoms with van der Waals surface area (Å²) >= 11 is 0. The van der Waals surface area contributed by atoms with Gasteiger partial charge in [0.2, 0.25) is 0 Å². The first-order valence-electron chi connectivity index (χ1n) is 6.43. The van der Waals surface area contributed by atoms with Crippen LogP contribution in [0.15, 0.2) is 24.3 Å². The summed E-state index contributed by atoms with van der Waals surface area (Å²) < 4.78 is 5.59. The minimum atomic E-state index is -0.278. The van der Waals surface area contributed by atoms with Gasteiger partial charge in [-0.05, 0) is 45.9 Å². The summed E-state index contributed by atoms with van der Waals surface area (Å²) in [5, 5.41) is 5.62. The Balaban J connectivity index is 2.64. The Kier molecular flexibility index (Phi) is 5.63. The van der Waals surface area contributed by atoms with Crippen molar-refractivity contribution in [2.45, 2.75) is 32.7 Å². The standard InChI is InChI=1S/C14H23N3O2/c1-14(2,3)17-13(18)16-11-7-4-5-8-12(11)19-10-6-9-15/h4-5,7-8H,6,9-10,15H2,1-3H3,(H2,16,17,18). The van der Waals surface area contributed by atoms with Crippen molar-refractivity contribution >= 4 is 11.7 Å². The van der Waals surface area contributed by atoms with Crippen molar-refractivity contribution in [3.8, 4) is 5.75 Å². The van der Waals surface area contributed by atoms with E-state index >= 15 is 0 Å². The molecule has 0 heterocycles. The van der Waals surface area contributed by atoms with Crippen molar-refractivity contribution in [1.29, 1.82) is 0 Å². The van der Waals surface area contributed by atoms with Crippen LogP contribution in [0.2, 0.25) is 0 Å². The average molecular weight is 265 g/mol. The maximum Gasteiger partial charge on any atom is 0.319 e. The van der Waals surface area contributed by atoms with E-state index in [1.807, 2.05) is 39.0 Å². The molecule has 0 saturated heterocycles. The van der Waals surface area contributed by atoms with Gasteiger partial charge in [0.05, 0.1) is 12.3 Å². The fourth-order valence-electron chi connectivity index (χ4n) is 1.46. The molecule has 0 aliphatic carbocycles. The lowest BCUT2D eigenvalue weighted by molar-refractivity contribution is 0.243. The summed E-state index contributed by atoms with van der Waals surface area (Å²) in [5.74, 6) is 0.653. The number of urea groups is 1. The lowest BCUT2D eigenvalue weighted by Gasteiger charge is -2.21. The Hall–Kier alpha value is -1.75. The molecule has 0 atom stereocenters. The Labute approximate surface area is 114 Å². The second kappa shape index (κ2) is 6.99. The fourth-order valence-corrected chi connectivity index (χ4v) is 1.46. The van der Waals surface area contributed by atoms with Crippen LogP contribution in [-0.4, -0.2) is 24.7 Å². The summed E-state index contributed by atoms with van der Waals surface area (Å²) in [6.45, 7) is 6.90. The Morgan fingerprint density at radius 1 is 1.32 bits per heavy atom. The first-order valence-corrected chi connectivity index (χ1v) is 6.43. The molecule has 106 valence electrons. The number of hydrogen-bond acceptors (Lipinski definition) is 3. The number of rotatable bonds is 5. The smallest absolute Gasteiger partial charge is 0.319 e. The van der Waals surface area contributed by atoms with E-state index in [-0.39, 0.29) is 11.6 Å². The molecule has 4 N–H and O–H groups in total. The molecule has 0 aliphatic heterocycles. The van der Waals surface area contributed by atoms with Gasteiger partial charge in [0.25, 0.3) is 0 Å². The maximum atomic E-state index is 11.8. The Morgan fingerprint density at radius 3 is 2.63 bits per heavy atom. The Bertz CT molecular complexity index is 413. The zero-order valence-corrected chi connectivity index (χ0v) is 11.8. The summed E-state index contributed by atoms with van der Waals surface area (Å²) in [6, 6.07) is 7.10. The van der Waals surface area contributed by atoms with E-state index in [1.54, 1.807) is 6.07 Å².